The number of aliphatic hydroxyl groups excluding tert-OH is 1. The molecule has 92 valence electrons. The molecule has 2 N–H and O–H groups in total. The number of hydrogen-bond donors (Lipinski definition) is 2. The van der Waals surface area contributed by atoms with Crippen LogP contribution in [0.25, 0.3) is 0 Å². The first-order valence-electron chi connectivity index (χ1n) is 6.69. The molecule has 0 bridgehead atoms. The molecule has 1 amide bonds. The van der Waals surface area contributed by atoms with Crippen LogP contribution >= 0.6 is 0 Å². The van der Waals surface area contributed by atoms with Crippen LogP contribution in [0.5, 0.6) is 0 Å². The van der Waals surface area contributed by atoms with Gasteiger partial charge in [0.1, 0.15) is 0 Å². The number of nitrogens with one attached hydrogen (secondary N) is 1. The van der Waals surface area contributed by atoms with Gasteiger partial charge in [-0.2, -0.15) is 0 Å². The van der Waals surface area contributed by atoms with Crippen LogP contribution in [-0.4, -0.2) is 23.2 Å². The van der Waals surface area contributed by atoms with Crippen LogP contribution in [0, 0.1) is 5.92 Å². The van der Waals surface area contributed by atoms with Crippen LogP contribution in [0.2, 0.25) is 0 Å². The minimum Gasteiger partial charge on any atom is -0.394 e. The molecule has 3 nitrogen and oxygen atoms in total. The maximum Gasteiger partial charge on any atom is 0.223 e. The molecule has 2 rings (SSSR count). The Labute approximate surface area is 97.6 Å². The molecule has 0 radical (unpaired) electrons. The largest absolute Gasteiger partial charge is 0.394 e. The Morgan fingerprint density at radius 3 is 2.19 bits per heavy atom. The maximum atomic E-state index is 12.1. The molecule has 0 aromatic heterocycles. The van der Waals surface area contributed by atoms with Crippen LogP contribution in [0.4, 0.5) is 0 Å². The van der Waals surface area contributed by atoms with E-state index in [1.165, 1.54) is 32.1 Å². The third-order valence-electron chi connectivity index (χ3n) is 4.02. The van der Waals surface area contributed by atoms with Gasteiger partial charge in [-0.1, -0.05) is 32.1 Å². The Bertz CT molecular complexity index is 240. The Morgan fingerprint density at radius 2 is 1.69 bits per heavy atom. The molecule has 3 heteroatoms. The van der Waals surface area contributed by atoms with E-state index in [1.807, 2.05) is 0 Å². The van der Waals surface area contributed by atoms with Gasteiger partial charge in [-0.15, -0.1) is 0 Å². The third kappa shape index (κ3) is 2.97. The molecule has 16 heavy (non-hydrogen) atoms. The lowest BCUT2D eigenvalue weighted by Crippen LogP contribution is -2.43. The number of aliphatic hydroxyl groups is 1. The number of rotatable bonds is 3. The first-order valence-corrected chi connectivity index (χ1v) is 6.69. The summed E-state index contributed by atoms with van der Waals surface area (Å²) in [6.45, 7) is 0.103. The van der Waals surface area contributed by atoms with E-state index in [2.05, 4.69) is 5.32 Å². The number of amides is 1. The number of carbonyl (C=O) groups is 1. The minimum atomic E-state index is -0.237. The van der Waals surface area contributed by atoms with Crippen molar-refractivity contribution in [1.29, 1.82) is 0 Å². The highest BCUT2D eigenvalue weighted by Gasteiger charge is 2.44. The van der Waals surface area contributed by atoms with Gasteiger partial charge >= 0.3 is 0 Å². The van der Waals surface area contributed by atoms with Gasteiger partial charge in [0.15, 0.2) is 0 Å². The van der Waals surface area contributed by atoms with Crippen molar-refractivity contribution in [3.8, 4) is 0 Å². The average molecular weight is 225 g/mol. The van der Waals surface area contributed by atoms with Crippen molar-refractivity contribution in [2.24, 2.45) is 5.92 Å². The number of hydrogen-bond acceptors (Lipinski definition) is 2. The molecule has 2 aliphatic rings. The summed E-state index contributed by atoms with van der Waals surface area (Å²) < 4.78 is 0. The molecule has 0 unspecified atom stereocenters. The zero-order chi connectivity index (χ0) is 11.4. The highest BCUT2D eigenvalue weighted by molar-refractivity contribution is 5.79. The summed E-state index contributed by atoms with van der Waals surface area (Å²) in [5.41, 5.74) is -0.237. The van der Waals surface area contributed by atoms with Crippen LogP contribution in [0.1, 0.15) is 57.8 Å². The zero-order valence-electron chi connectivity index (χ0n) is 10.0. The first kappa shape index (κ1) is 11.9. The van der Waals surface area contributed by atoms with Crippen molar-refractivity contribution in [2.75, 3.05) is 6.61 Å². The fraction of sp³-hybridized carbons (Fsp3) is 0.923. The standard InChI is InChI=1S/C13H23NO2/c15-10-13(8-9-13)14-12(16)11-6-4-2-1-3-5-7-11/h11,15H,1-10H2,(H,14,16). The van der Waals surface area contributed by atoms with E-state index in [1.54, 1.807) is 0 Å². The van der Waals surface area contributed by atoms with Crippen LogP contribution in [-0.2, 0) is 4.79 Å². The topological polar surface area (TPSA) is 49.3 Å². The van der Waals surface area contributed by atoms with Crippen molar-refractivity contribution < 1.29 is 9.90 Å². The van der Waals surface area contributed by atoms with Crippen molar-refractivity contribution in [3.63, 3.8) is 0 Å². The van der Waals surface area contributed by atoms with Gasteiger partial charge in [0.05, 0.1) is 12.1 Å². The first-order chi connectivity index (χ1) is 7.76. The molecule has 0 aromatic carbocycles. The van der Waals surface area contributed by atoms with Crippen molar-refractivity contribution in [1.82, 2.24) is 5.32 Å². The summed E-state index contributed by atoms with van der Waals surface area (Å²) in [6.07, 6.45) is 10.2. The van der Waals surface area contributed by atoms with Gasteiger partial charge in [-0.05, 0) is 25.7 Å². The number of carbonyl (C=O) groups excluding carboxylic acids is 1. The zero-order valence-corrected chi connectivity index (χ0v) is 10.0. The molecule has 0 aromatic rings. The second-order valence-electron chi connectivity index (χ2n) is 5.47. The summed E-state index contributed by atoms with van der Waals surface area (Å²) in [6, 6.07) is 0. The summed E-state index contributed by atoms with van der Waals surface area (Å²) >= 11 is 0. The maximum absolute atomic E-state index is 12.1. The van der Waals surface area contributed by atoms with Crippen molar-refractivity contribution in [2.45, 2.75) is 63.3 Å². The minimum absolute atomic E-state index is 0.103. The van der Waals surface area contributed by atoms with E-state index >= 15 is 0 Å². The van der Waals surface area contributed by atoms with E-state index < -0.39 is 0 Å². The monoisotopic (exact) mass is 225 g/mol. The Hall–Kier alpha value is -0.570. The molecule has 0 heterocycles. The van der Waals surface area contributed by atoms with E-state index in [-0.39, 0.29) is 24.0 Å². The molecular weight excluding hydrogens is 202 g/mol. The predicted molar refractivity (Wildman–Crippen MR) is 63.0 cm³/mol. The van der Waals surface area contributed by atoms with Gasteiger partial charge < -0.3 is 10.4 Å². The quantitative estimate of drug-likeness (QED) is 0.771. The van der Waals surface area contributed by atoms with Crippen LogP contribution < -0.4 is 5.32 Å². The van der Waals surface area contributed by atoms with Gasteiger partial charge in [-0.3, -0.25) is 4.79 Å². The second-order valence-corrected chi connectivity index (χ2v) is 5.47. The lowest BCUT2D eigenvalue weighted by atomic mass is 9.90. The van der Waals surface area contributed by atoms with Gasteiger partial charge in [0.2, 0.25) is 5.91 Å². The molecule has 0 saturated heterocycles. The van der Waals surface area contributed by atoms with Gasteiger partial charge in [0, 0.05) is 5.92 Å². The molecule has 0 aliphatic heterocycles. The summed E-state index contributed by atoms with van der Waals surface area (Å²) in [5, 5.41) is 12.2. The fourth-order valence-electron chi connectivity index (χ4n) is 2.56. The Kier molecular flexibility index (Phi) is 3.85. The SMILES string of the molecule is O=C(NC1(CO)CC1)C1CCCCCCC1. The average Bonchev–Trinajstić information content (AvgIpc) is 2.97. The van der Waals surface area contributed by atoms with Gasteiger partial charge in [-0.25, -0.2) is 0 Å². The summed E-state index contributed by atoms with van der Waals surface area (Å²) in [5.74, 6) is 0.387. The molecule has 2 saturated carbocycles. The highest BCUT2D eigenvalue weighted by atomic mass is 16.3. The second kappa shape index (κ2) is 5.17. The molecule has 0 atom stereocenters. The van der Waals surface area contributed by atoms with E-state index in [4.69, 9.17) is 0 Å². The molecular formula is C13H23NO2. The Balaban J connectivity index is 1.82. The van der Waals surface area contributed by atoms with Crippen molar-refractivity contribution in [3.05, 3.63) is 0 Å². The molecule has 2 aliphatic carbocycles. The lowest BCUT2D eigenvalue weighted by molar-refractivity contribution is -0.127. The highest BCUT2D eigenvalue weighted by Crippen LogP contribution is 2.35. The smallest absolute Gasteiger partial charge is 0.223 e. The third-order valence-corrected chi connectivity index (χ3v) is 4.02. The van der Waals surface area contributed by atoms with Crippen molar-refractivity contribution >= 4 is 5.91 Å². The molecule has 2 fully saturated rings. The molecule has 0 spiro atoms. The van der Waals surface area contributed by atoms with Crippen LogP contribution in [0.3, 0.4) is 0 Å². The van der Waals surface area contributed by atoms with E-state index in [9.17, 15) is 9.90 Å². The van der Waals surface area contributed by atoms with Gasteiger partial charge in [0.25, 0.3) is 0 Å². The normalized spacial score (nSPS) is 25.6. The lowest BCUT2D eigenvalue weighted by Gasteiger charge is -2.22. The summed E-state index contributed by atoms with van der Waals surface area (Å²) in [4.78, 5) is 12.1. The fourth-order valence-corrected chi connectivity index (χ4v) is 2.56. The van der Waals surface area contributed by atoms with Crippen LogP contribution in [0.15, 0.2) is 0 Å². The predicted octanol–water partition coefficient (Wildman–Crippen LogP) is 1.99. The Morgan fingerprint density at radius 1 is 1.12 bits per heavy atom. The van der Waals surface area contributed by atoms with E-state index in [0.29, 0.717) is 0 Å². The summed E-state index contributed by atoms with van der Waals surface area (Å²) in [7, 11) is 0. The van der Waals surface area contributed by atoms with E-state index in [0.717, 1.165) is 25.7 Å².